The van der Waals surface area contributed by atoms with Crippen LogP contribution in [0.1, 0.15) is 12.5 Å². The van der Waals surface area contributed by atoms with Gasteiger partial charge in [-0.3, -0.25) is 4.79 Å². The monoisotopic (exact) mass is 384 g/mol. The van der Waals surface area contributed by atoms with Gasteiger partial charge in [0, 0.05) is 18.7 Å². The quantitative estimate of drug-likeness (QED) is 0.692. The summed E-state index contributed by atoms with van der Waals surface area (Å²) in [5.74, 6) is 1.85. The maximum Gasteiger partial charge on any atom is 0.286 e. The van der Waals surface area contributed by atoms with Crippen molar-refractivity contribution in [1.82, 2.24) is 4.57 Å². The molecule has 0 unspecified atom stereocenters. The second-order valence-electron chi connectivity index (χ2n) is 6.15. The van der Waals surface area contributed by atoms with Crippen LogP contribution in [0.15, 0.2) is 41.4 Å². The van der Waals surface area contributed by atoms with Gasteiger partial charge in [0.1, 0.15) is 19.0 Å². The van der Waals surface area contributed by atoms with E-state index >= 15 is 0 Å². The third kappa shape index (κ3) is 3.55. The molecule has 0 N–H and O–H groups in total. The Hall–Kier alpha value is -2.80. The Balaban J connectivity index is 1.63. The third-order valence-electron chi connectivity index (χ3n) is 4.33. The van der Waals surface area contributed by atoms with E-state index in [9.17, 15) is 4.79 Å². The summed E-state index contributed by atoms with van der Waals surface area (Å²) in [6.07, 6.45) is 0. The predicted molar refractivity (Wildman–Crippen MR) is 104 cm³/mol. The zero-order chi connectivity index (χ0) is 18.8. The molecule has 1 aliphatic heterocycles. The molecule has 0 saturated carbocycles. The summed E-state index contributed by atoms with van der Waals surface area (Å²) < 4.78 is 19.9. The Morgan fingerprint density at radius 2 is 1.96 bits per heavy atom. The van der Waals surface area contributed by atoms with Crippen molar-refractivity contribution in [2.24, 2.45) is 4.99 Å². The highest BCUT2D eigenvalue weighted by molar-refractivity contribution is 7.16. The number of carbonyl (C=O) groups is 1. The Morgan fingerprint density at radius 1 is 1.22 bits per heavy atom. The molecule has 0 radical (unpaired) electrons. The number of aromatic nitrogens is 1. The highest BCUT2D eigenvalue weighted by Gasteiger charge is 2.16. The maximum absolute atomic E-state index is 12.4. The van der Waals surface area contributed by atoms with Gasteiger partial charge in [-0.05, 0) is 25.5 Å². The minimum atomic E-state index is -0.315. The van der Waals surface area contributed by atoms with Gasteiger partial charge >= 0.3 is 0 Å². The average Bonchev–Trinajstić information content (AvgIpc) is 3.01. The molecule has 0 spiro atoms. The first-order chi connectivity index (χ1) is 13.2. The molecule has 2 aromatic carbocycles. The van der Waals surface area contributed by atoms with Crippen molar-refractivity contribution < 1.29 is 19.0 Å². The molecule has 3 aromatic rings. The second kappa shape index (κ2) is 7.44. The lowest BCUT2D eigenvalue weighted by Gasteiger charge is -2.18. The molecule has 1 aliphatic rings. The number of ether oxygens (including phenoxy) is 3. The van der Waals surface area contributed by atoms with E-state index in [2.05, 4.69) is 4.99 Å². The van der Waals surface area contributed by atoms with Crippen LogP contribution in [0.2, 0.25) is 0 Å². The number of benzene rings is 2. The summed E-state index contributed by atoms with van der Waals surface area (Å²) >= 11 is 1.46. The first-order valence-electron chi connectivity index (χ1n) is 8.84. The van der Waals surface area contributed by atoms with Crippen LogP contribution in [-0.4, -0.2) is 30.3 Å². The molecule has 27 heavy (non-hydrogen) atoms. The smallest absolute Gasteiger partial charge is 0.286 e. The summed E-state index contributed by atoms with van der Waals surface area (Å²) in [6, 6.07) is 11.5. The molecule has 1 aromatic heterocycles. The number of rotatable bonds is 4. The van der Waals surface area contributed by atoms with Crippen molar-refractivity contribution in [2.75, 3.05) is 19.8 Å². The average molecular weight is 384 g/mol. The lowest BCUT2D eigenvalue weighted by atomic mass is 10.2. The number of nitrogens with zero attached hydrogens (tertiary/aromatic N) is 2. The van der Waals surface area contributed by atoms with E-state index < -0.39 is 0 Å². The fourth-order valence-electron chi connectivity index (χ4n) is 2.99. The Kier molecular flexibility index (Phi) is 4.85. The van der Waals surface area contributed by atoms with Crippen LogP contribution in [0.3, 0.4) is 0 Å². The van der Waals surface area contributed by atoms with Gasteiger partial charge in [0.05, 0.1) is 10.2 Å². The highest BCUT2D eigenvalue weighted by Crippen LogP contribution is 2.35. The summed E-state index contributed by atoms with van der Waals surface area (Å²) in [7, 11) is 0. The van der Waals surface area contributed by atoms with Crippen molar-refractivity contribution in [2.45, 2.75) is 20.4 Å². The number of para-hydroxylation sites is 1. The fourth-order valence-corrected chi connectivity index (χ4v) is 4.12. The Bertz CT molecular complexity index is 1070. The van der Waals surface area contributed by atoms with Gasteiger partial charge < -0.3 is 18.8 Å². The van der Waals surface area contributed by atoms with Gasteiger partial charge in [0.25, 0.3) is 5.91 Å². The number of fused-ring (bicyclic) bond motifs is 2. The van der Waals surface area contributed by atoms with Crippen molar-refractivity contribution in [3.63, 3.8) is 0 Å². The van der Waals surface area contributed by atoms with E-state index in [4.69, 9.17) is 14.2 Å². The molecule has 0 fully saturated rings. The molecule has 4 rings (SSSR count). The number of hydrogen-bond acceptors (Lipinski definition) is 5. The van der Waals surface area contributed by atoms with Crippen molar-refractivity contribution in [1.29, 1.82) is 0 Å². The van der Waals surface area contributed by atoms with Gasteiger partial charge in [-0.2, -0.15) is 4.99 Å². The summed E-state index contributed by atoms with van der Waals surface area (Å²) in [5, 5.41) is 0. The lowest BCUT2D eigenvalue weighted by Crippen LogP contribution is -2.19. The molecule has 140 valence electrons. The van der Waals surface area contributed by atoms with E-state index in [-0.39, 0.29) is 12.5 Å². The fraction of sp³-hybridized carbons (Fsp3) is 0.300. The minimum absolute atomic E-state index is 0.0917. The van der Waals surface area contributed by atoms with E-state index in [0.29, 0.717) is 30.3 Å². The van der Waals surface area contributed by atoms with Crippen molar-refractivity contribution in [3.05, 3.63) is 46.8 Å². The second-order valence-corrected chi connectivity index (χ2v) is 7.16. The van der Waals surface area contributed by atoms with Crippen molar-refractivity contribution >= 4 is 27.5 Å². The standard InChI is InChI=1S/C20H20N2O4S/c1-3-22-14-10-16-17(25-9-8-24-16)11-18(14)27-20(22)21-19(23)12-26-15-7-5-4-6-13(15)2/h4-7,10-11H,3,8-9,12H2,1-2H3. The molecule has 0 aliphatic carbocycles. The summed E-state index contributed by atoms with van der Waals surface area (Å²) in [5.41, 5.74) is 1.97. The first-order valence-corrected chi connectivity index (χ1v) is 9.66. The van der Waals surface area contributed by atoms with E-state index in [1.54, 1.807) is 0 Å². The van der Waals surface area contributed by atoms with Gasteiger partial charge in [-0.25, -0.2) is 0 Å². The topological polar surface area (TPSA) is 62.1 Å². The highest BCUT2D eigenvalue weighted by atomic mass is 32.1. The van der Waals surface area contributed by atoms with E-state index in [1.807, 2.05) is 54.8 Å². The van der Waals surface area contributed by atoms with Gasteiger partial charge in [0.15, 0.2) is 22.9 Å². The molecular formula is C20H20N2O4S. The molecule has 0 bridgehead atoms. The zero-order valence-corrected chi connectivity index (χ0v) is 16.0. The Labute approximate surface area is 160 Å². The maximum atomic E-state index is 12.4. The molecule has 1 amide bonds. The number of aryl methyl sites for hydroxylation is 2. The lowest BCUT2D eigenvalue weighted by molar-refractivity contribution is -0.120. The van der Waals surface area contributed by atoms with Crippen LogP contribution < -0.4 is 19.0 Å². The van der Waals surface area contributed by atoms with E-state index in [0.717, 1.165) is 27.3 Å². The normalized spacial score (nSPS) is 13.8. The van der Waals surface area contributed by atoms with Crippen LogP contribution >= 0.6 is 11.3 Å². The van der Waals surface area contributed by atoms with Crippen LogP contribution in [0, 0.1) is 6.92 Å². The van der Waals surface area contributed by atoms with Crippen molar-refractivity contribution in [3.8, 4) is 17.2 Å². The van der Waals surface area contributed by atoms with E-state index in [1.165, 1.54) is 11.3 Å². The number of amides is 1. The predicted octanol–water partition coefficient (Wildman–Crippen LogP) is 3.31. The van der Waals surface area contributed by atoms with Crippen LogP contribution in [-0.2, 0) is 11.3 Å². The molecule has 0 saturated heterocycles. The van der Waals surface area contributed by atoms with Crippen LogP contribution in [0.5, 0.6) is 17.2 Å². The summed E-state index contributed by atoms with van der Waals surface area (Å²) in [4.78, 5) is 17.3. The zero-order valence-electron chi connectivity index (χ0n) is 15.2. The number of thiazole rings is 1. The molecule has 7 heteroatoms. The third-order valence-corrected chi connectivity index (χ3v) is 5.37. The molecule has 2 heterocycles. The molecular weight excluding hydrogens is 364 g/mol. The van der Waals surface area contributed by atoms with Gasteiger partial charge in [-0.15, -0.1) is 0 Å². The van der Waals surface area contributed by atoms with Gasteiger partial charge in [0.2, 0.25) is 0 Å². The molecule has 6 nitrogen and oxygen atoms in total. The summed E-state index contributed by atoms with van der Waals surface area (Å²) in [6.45, 7) is 5.66. The molecule has 0 atom stereocenters. The Morgan fingerprint density at radius 3 is 2.70 bits per heavy atom. The van der Waals surface area contributed by atoms with Gasteiger partial charge in [-0.1, -0.05) is 29.5 Å². The number of carbonyl (C=O) groups excluding carboxylic acids is 1. The van der Waals surface area contributed by atoms with Crippen LogP contribution in [0.25, 0.3) is 10.2 Å². The first kappa shape index (κ1) is 17.6. The largest absolute Gasteiger partial charge is 0.486 e. The van der Waals surface area contributed by atoms with Crippen LogP contribution in [0.4, 0.5) is 0 Å². The minimum Gasteiger partial charge on any atom is -0.486 e. The number of hydrogen-bond donors (Lipinski definition) is 0. The SMILES string of the molecule is CCn1c(=NC(=O)COc2ccccc2C)sc2cc3c(cc21)OCCO3.